The summed E-state index contributed by atoms with van der Waals surface area (Å²) in [4.78, 5) is 37.2. The van der Waals surface area contributed by atoms with Gasteiger partial charge in [-0.15, -0.1) is 11.8 Å². The molecule has 0 bridgehead atoms. The standard InChI is InChI=1S/C24H18FN3O4S/c25-19-9-2-3-10-20(19)28-22(29)14-32-24(31)18-8-1-4-11-21(18)33-15-23(30)27-17-7-5-6-16(12-17)13-26/h1-12H,14-15H2,(H,27,30)(H,28,29). The van der Waals surface area contributed by atoms with E-state index in [1.807, 2.05) is 6.07 Å². The van der Waals surface area contributed by atoms with Crippen LogP contribution < -0.4 is 10.6 Å². The van der Waals surface area contributed by atoms with E-state index in [0.29, 0.717) is 16.1 Å². The van der Waals surface area contributed by atoms with Crippen LogP contribution in [0.1, 0.15) is 15.9 Å². The second-order valence-corrected chi connectivity index (χ2v) is 7.65. The minimum Gasteiger partial charge on any atom is -0.452 e. The maximum Gasteiger partial charge on any atom is 0.339 e. The number of benzene rings is 3. The number of amides is 2. The van der Waals surface area contributed by atoms with Crippen LogP contribution in [0.15, 0.2) is 77.7 Å². The van der Waals surface area contributed by atoms with Gasteiger partial charge in [-0.25, -0.2) is 9.18 Å². The van der Waals surface area contributed by atoms with Gasteiger partial charge in [0.25, 0.3) is 5.91 Å². The third-order valence-electron chi connectivity index (χ3n) is 4.22. The van der Waals surface area contributed by atoms with Gasteiger partial charge in [-0.3, -0.25) is 9.59 Å². The van der Waals surface area contributed by atoms with E-state index in [1.165, 1.54) is 24.3 Å². The summed E-state index contributed by atoms with van der Waals surface area (Å²) in [7, 11) is 0. The van der Waals surface area contributed by atoms with E-state index in [9.17, 15) is 18.8 Å². The summed E-state index contributed by atoms with van der Waals surface area (Å²) in [6, 6.07) is 20.7. The van der Waals surface area contributed by atoms with Gasteiger partial charge in [0.05, 0.1) is 28.6 Å². The van der Waals surface area contributed by atoms with Crippen LogP contribution in [0.5, 0.6) is 0 Å². The van der Waals surface area contributed by atoms with Crippen LogP contribution in [0.25, 0.3) is 0 Å². The summed E-state index contributed by atoms with van der Waals surface area (Å²) >= 11 is 1.12. The first-order valence-electron chi connectivity index (χ1n) is 9.69. The summed E-state index contributed by atoms with van der Waals surface area (Å²) in [6.45, 7) is -0.595. The van der Waals surface area contributed by atoms with Crippen LogP contribution >= 0.6 is 11.8 Å². The average molecular weight is 463 g/mol. The Balaban J connectivity index is 1.55. The molecule has 0 aliphatic rings. The number of hydrogen-bond acceptors (Lipinski definition) is 6. The molecule has 0 aliphatic heterocycles. The van der Waals surface area contributed by atoms with Crippen molar-refractivity contribution < 1.29 is 23.5 Å². The first-order valence-corrected chi connectivity index (χ1v) is 10.7. The lowest BCUT2D eigenvalue weighted by atomic mass is 10.2. The number of rotatable bonds is 8. The highest BCUT2D eigenvalue weighted by atomic mass is 32.2. The van der Waals surface area contributed by atoms with Crippen LogP contribution in [0.2, 0.25) is 0 Å². The smallest absolute Gasteiger partial charge is 0.339 e. The lowest BCUT2D eigenvalue weighted by Crippen LogP contribution is -2.21. The maximum atomic E-state index is 13.6. The van der Waals surface area contributed by atoms with Crippen LogP contribution in [0, 0.1) is 17.1 Å². The van der Waals surface area contributed by atoms with Crippen molar-refractivity contribution in [3.63, 3.8) is 0 Å². The largest absolute Gasteiger partial charge is 0.452 e. The Labute approximate surface area is 193 Å². The number of nitrogens with one attached hydrogen (secondary N) is 2. The molecule has 0 aliphatic carbocycles. The Morgan fingerprint density at radius 2 is 1.70 bits per heavy atom. The molecule has 7 nitrogen and oxygen atoms in total. The van der Waals surface area contributed by atoms with Gasteiger partial charge in [0, 0.05) is 10.6 Å². The SMILES string of the molecule is N#Cc1cccc(NC(=O)CSc2ccccc2C(=O)OCC(=O)Nc2ccccc2F)c1. The predicted molar refractivity (Wildman–Crippen MR) is 122 cm³/mol. The van der Waals surface area contributed by atoms with Crippen molar-refractivity contribution in [1.29, 1.82) is 5.26 Å². The van der Waals surface area contributed by atoms with Gasteiger partial charge in [-0.1, -0.05) is 30.3 Å². The van der Waals surface area contributed by atoms with Crippen molar-refractivity contribution in [3.05, 3.63) is 89.7 Å². The quantitative estimate of drug-likeness (QED) is 0.382. The molecular weight excluding hydrogens is 445 g/mol. The molecule has 2 amide bonds. The Kier molecular flexibility index (Phi) is 8.16. The number of thioether (sulfide) groups is 1. The van der Waals surface area contributed by atoms with E-state index in [-0.39, 0.29) is 22.9 Å². The number of anilines is 2. The van der Waals surface area contributed by atoms with E-state index in [1.54, 1.807) is 48.5 Å². The summed E-state index contributed by atoms with van der Waals surface area (Å²) in [5.74, 6) is -2.34. The molecule has 166 valence electrons. The van der Waals surface area contributed by atoms with Gasteiger partial charge in [-0.2, -0.15) is 5.26 Å². The van der Waals surface area contributed by atoms with Crippen LogP contribution in [0.3, 0.4) is 0 Å². The Bertz CT molecular complexity index is 1230. The number of nitrogens with zero attached hydrogens (tertiary/aromatic N) is 1. The second-order valence-electron chi connectivity index (χ2n) is 6.63. The molecule has 0 spiro atoms. The van der Waals surface area contributed by atoms with Crippen LogP contribution in [-0.2, 0) is 14.3 Å². The minimum atomic E-state index is -0.746. The number of hydrogen-bond donors (Lipinski definition) is 2. The van der Waals surface area contributed by atoms with Gasteiger partial charge in [-0.05, 0) is 42.5 Å². The van der Waals surface area contributed by atoms with Gasteiger partial charge >= 0.3 is 5.97 Å². The highest BCUT2D eigenvalue weighted by Crippen LogP contribution is 2.24. The van der Waals surface area contributed by atoms with E-state index < -0.39 is 24.3 Å². The predicted octanol–water partition coefficient (Wildman–Crippen LogP) is 4.22. The molecule has 0 aromatic heterocycles. The van der Waals surface area contributed by atoms with Gasteiger partial charge in [0.15, 0.2) is 6.61 Å². The molecule has 3 rings (SSSR count). The molecule has 0 atom stereocenters. The highest BCUT2D eigenvalue weighted by molar-refractivity contribution is 8.00. The van der Waals surface area contributed by atoms with Gasteiger partial charge < -0.3 is 15.4 Å². The molecule has 0 radical (unpaired) electrons. The third-order valence-corrected chi connectivity index (χ3v) is 5.30. The number of carbonyl (C=O) groups excluding carboxylic acids is 3. The number of esters is 1. The zero-order valence-electron chi connectivity index (χ0n) is 17.2. The zero-order valence-corrected chi connectivity index (χ0v) is 18.0. The van der Waals surface area contributed by atoms with Gasteiger partial charge in [0.1, 0.15) is 5.82 Å². The monoisotopic (exact) mass is 463 g/mol. The summed E-state index contributed by atoms with van der Waals surface area (Å²) < 4.78 is 18.7. The van der Waals surface area contributed by atoms with Crippen molar-refractivity contribution in [1.82, 2.24) is 0 Å². The molecule has 3 aromatic rings. The maximum absolute atomic E-state index is 13.6. The molecule has 9 heteroatoms. The lowest BCUT2D eigenvalue weighted by molar-refractivity contribution is -0.119. The minimum absolute atomic E-state index is 0.00877. The van der Waals surface area contributed by atoms with E-state index in [0.717, 1.165) is 11.8 Å². The highest BCUT2D eigenvalue weighted by Gasteiger charge is 2.16. The number of nitriles is 1. The van der Waals surface area contributed by atoms with E-state index >= 15 is 0 Å². The van der Waals surface area contributed by atoms with Crippen molar-refractivity contribution in [2.45, 2.75) is 4.90 Å². The first kappa shape index (κ1) is 23.5. The van der Waals surface area contributed by atoms with Crippen LogP contribution in [-0.4, -0.2) is 30.1 Å². The number of ether oxygens (including phenoxy) is 1. The van der Waals surface area contributed by atoms with Crippen molar-refractivity contribution >= 4 is 40.9 Å². The topological polar surface area (TPSA) is 108 Å². The second kappa shape index (κ2) is 11.5. The third kappa shape index (κ3) is 6.92. The average Bonchev–Trinajstić information content (AvgIpc) is 2.83. The Morgan fingerprint density at radius 1 is 0.939 bits per heavy atom. The Morgan fingerprint density at radius 3 is 2.48 bits per heavy atom. The van der Waals surface area contributed by atoms with E-state index in [2.05, 4.69) is 10.6 Å². The summed E-state index contributed by atoms with van der Waals surface area (Å²) in [5.41, 5.74) is 1.10. The van der Waals surface area contributed by atoms with Crippen molar-refractivity contribution in [2.24, 2.45) is 0 Å². The van der Waals surface area contributed by atoms with Gasteiger partial charge in [0.2, 0.25) is 5.91 Å². The number of carbonyl (C=O) groups is 3. The summed E-state index contributed by atoms with van der Waals surface area (Å²) in [5, 5.41) is 14.0. The van der Waals surface area contributed by atoms with E-state index in [4.69, 9.17) is 10.00 Å². The molecule has 0 heterocycles. The molecule has 0 unspecified atom stereocenters. The summed E-state index contributed by atoms with van der Waals surface area (Å²) in [6.07, 6.45) is 0. The molecule has 0 saturated heterocycles. The Hall–Kier alpha value is -4.16. The fourth-order valence-electron chi connectivity index (χ4n) is 2.73. The van der Waals surface area contributed by atoms with Crippen molar-refractivity contribution in [3.8, 4) is 6.07 Å². The molecule has 3 aromatic carbocycles. The molecular formula is C24H18FN3O4S. The lowest BCUT2D eigenvalue weighted by Gasteiger charge is -2.10. The fourth-order valence-corrected chi connectivity index (χ4v) is 3.57. The molecule has 0 saturated carbocycles. The van der Waals surface area contributed by atoms with Crippen LogP contribution in [0.4, 0.5) is 15.8 Å². The molecule has 0 fully saturated rings. The normalized spacial score (nSPS) is 10.1. The molecule has 33 heavy (non-hydrogen) atoms. The first-order chi connectivity index (χ1) is 16.0. The zero-order chi connectivity index (χ0) is 23.6. The molecule has 2 N–H and O–H groups in total. The fraction of sp³-hybridized carbons (Fsp3) is 0.0833. The number of halogens is 1. The number of para-hydroxylation sites is 1. The van der Waals surface area contributed by atoms with Crippen molar-refractivity contribution in [2.75, 3.05) is 23.0 Å².